The maximum Gasteiger partial charge on any atom is 0.119 e. The van der Waals surface area contributed by atoms with Crippen LogP contribution >= 0.6 is 0 Å². The Balaban J connectivity index is 1.96. The lowest BCUT2D eigenvalue weighted by Gasteiger charge is -2.18. The van der Waals surface area contributed by atoms with Gasteiger partial charge in [-0.2, -0.15) is 0 Å². The molecule has 2 aromatic rings. The Morgan fingerprint density at radius 1 is 1.09 bits per heavy atom. The van der Waals surface area contributed by atoms with Crippen molar-refractivity contribution in [1.29, 1.82) is 0 Å². The summed E-state index contributed by atoms with van der Waals surface area (Å²) in [6.07, 6.45) is -0.599. The Morgan fingerprint density at radius 2 is 1.82 bits per heavy atom. The van der Waals surface area contributed by atoms with Crippen LogP contribution in [0.4, 0.5) is 0 Å². The predicted octanol–water partition coefficient (Wildman–Crippen LogP) is 2.57. The summed E-state index contributed by atoms with van der Waals surface area (Å²) in [6, 6.07) is 15.3. The number of ether oxygens (including phenoxy) is 1. The van der Waals surface area contributed by atoms with Crippen molar-refractivity contribution in [3.05, 3.63) is 65.2 Å². The molecule has 0 aliphatic rings. The van der Waals surface area contributed by atoms with E-state index in [0.29, 0.717) is 6.54 Å². The van der Waals surface area contributed by atoms with Gasteiger partial charge in [-0.3, -0.25) is 0 Å². The third-order valence-electron chi connectivity index (χ3n) is 3.73. The van der Waals surface area contributed by atoms with Gasteiger partial charge in [0.25, 0.3) is 0 Å². The zero-order valence-electron chi connectivity index (χ0n) is 13.0. The highest BCUT2D eigenvalue weighted by Crippen LogP contribution is 2.20. The molecule has 3 N–H and O–H groups in total. The largest absolute Gasteiger partial charge is 0.497 e. The summed E-state index contributed by atoms with van der Waals surface area (Å²) >= 11 is 0. The van der Waals surface area contributed by atoms with Crippen molar-refractivity contribution in [1.82, 2.24) is 5.32 Å². The number of benzene rings is 2. The van der Waals surface area contributed by atoms with Crippen molar-refractivity contribution in [3.63, 3.8) is 0 Å². The Hall–Kier alpha value is -1.88. The van der Waals surface area contributed by atoms with Crippen LogP contribution in [0.5, 0.6) is 5.75 Å². The molecule has 0 amide bonds. The highest BCUT2D eigenvalue weighted by atomic mass is 16.5. The summed E-state index contributed by atoms with van der Waals surface area (Å²) in [6.45, 7) is 2.51. The molecular formula is C18H23NO3. The van der Waals surface area contributed by atoms with Gasteiger partial charge in [-0.15, -0.1) is 0 Å². The quantitative estimate of drug-likeness (QED) is 0.735. The number of hydrogen-bond donors (Lipinski definition) is 3. The second-order valence-electron chi connectivity index (χ2n) is 5.33. The van der Waals surface area contributed by atoms with Crippen LogP contribution in [0.3, 0.4) is 0 Å². The topological polar surface area (TPSA) is 61.7 Å². The summed E-state index contributed by atoms with van der Waals surface area (Å²) in [7, 11) is 1.61. The Labute approximate surface area is 131 Å². The summed E-state index contributed by atoms with van der Waals surface area (Å²) in [5.41, 5.74) is 2.80. The molecule has 0 radical (unpaired) electrons. The summed E-state index contributed by atoms with van der Waals surface area (Å²) in [5, 5.41) is 22.8. The molecule has 0 spiro atoms. The van der Waals surface area contributed by atoms with Gasteiger partial charge in [0.15, 0.2) is 0 Å². The zero-order chi connectivity index (χ0) is 15.9. The van der Waals surface area contributed by atoms with E-state index < -0.39 is 6.10 Å². The molecule has 2 unspecified atom stereocenters. The molecule has 0 aromatic heterocycles. The fraction of sp³-hybridized carbons (Fsp3) is 0.333. The van der Waals surface area contributed by atoms with E-state index in [9.17, 15) is 10.2 Å². The molecule has 0 aliphatic heterocycles. The third-order valence-corrected chi connectivity index (χ3v) is 3.73. The van der Waals surface area contributed by atoms with E-state index in [1.807, 2.05) is 55.5 Å². The van der Waals surface area contributed by atoms with E-state index in [0.717, 1.165) is 22.4 Å². The number of hydrogen-bond acceptors (Lipinski definition) is 4. The molecule has 0 saturated carbocycles. The molecule has 22 heavy (non-hydrogen) atoms. The second kappa shape index (κ2) is 7.94. The molecule has 2 atom stereocenters. The van der Waals surface area contributed by atoms with Crippen LogP contribution in [0.25, 0.3) is 0 Å². The van der Waals surface area contributed by atoms with Crippen molar-refractivity contribution in [2.45, 2.75) is 25.7 Å². The van der Waals surface area contributed by atoms with Crippen LogP contribution in [-0.4, -0.2) is 23.9 Å². The molecule has 4 heteroatoms. The minimum Gasteiger partial charge on any atom is -0.497 e. The first kappa shape index (κ1) is 16.5. The van der Waals surface area contributed by atoms with E-state index in [4.69, 9.17) is 4.74 Å². The van der Waals surface area contributed by atoms with Crippen molar-refractivity contribution >= 4 is 0 Å². The first-order valence-corrected chi connectivity index (χ1v) is 7.39. The number of aliphatic hydroxyl groups excluding tert-OH is 2. The smallest absolute Gasteiger partial charge is 0.119 e. The van der Waals surface area contributed by atoms with Gasteiger partial charge < -0.3 is 20.3 Å². The maximum absolute atomic E-state index is 10.3. The Morgan fingerprint density at radius 3 is 2.55 bits per heavy atom. The number of rotatable bonds is 7. The average molecular weight is 301 g/mol. The molecule has 0 heterocycles. The van der Waals surface area contributed by atoms with Crippen LogP contribution in [0.2, 0.25) is 0 Å². The highest BCUT2D eigenvalue weighted by molar-refractivity contribution is 5.30. The molecular weight excluding hydrogens is 278 g/mol. The lowest BCUT2D eigenvalue weighted by atomic mass is 10.0. The number of nitrogens with one attached hydrogen (secondary N) is 1. The molecule has 2 rings (SSSR count). The van der Waals surface area contributed by atoms with E-state index in [2.05, 4.69) is 5.32 Å². The molecule has 2 aromatic carbocycles. The van der Waals surface area contributed by atoms with E-state index in [-0.39, 0.29) is 12.6 Å². The zero-order valence-corrected chi connectivity index (χ0v) is 13.0. The number of aliphatic hydroxyl groups is 2. The standard InChI is InChI=1S/C18H23NO3/c1-13(15-6-3-5-14(9-15)12-20)19-11-18(21)16-7-4-8-17(10-16)22-2/h3-10,13,18-21H,11-12H2,1-2H3. The van der Waals surface area contributed by atoms with E-state index in [1.165, 1.54) is 0 Å². The molecule has 0 fully saturated rings. The van der Waals surface area contributed by atoms with Crippen LogP contribution in [0, 0.1) is 0 Å². The lowest BCUT2D eigenvalue weighted by Crippen LogP contribution is -2.24. The SMILES string of the molecule is COc1cccc(C(O)CNC(C)c2cccc(CO)c2)c1. The van der Waals surface area contributed by atoms with Gasteiger partial charge in [-0.05, 0) is 35.7 Å². The van der Waals surface area contributed by atoms with Crippen LogP contribution in [0.1, 0.15) is 35.8 Å². The van der Waals surface area contributed by atoms with Gasteiger partial charge in [0, 0.05) is 12.6 Å². The molecule has 4 nitrogen and oxygen atoms in total. The fourth-order valence-corrected chi connectivity index (χ4v) is 2.33. The van der Waals surface area contributed by atoms with Crippen molar-refractivity contribution < 1.29 is 14.9 Å². The van der Waals surface area contributed by atoms with Gasteiger partial charge in [0.1, 0.15) is 5.75 Å². The molecule has 0 saturated heterocycles. The maximum atomic E-state index is 10.3. The van der Waals surface area contributed by atoms with Gasteiger partial charge >= 0.3 is 0 Å². The van der Waals surface area contributed by atoms with Crippen LogP contribution in [-0.2, 0) is 6.61 Å². The summed E-state index contributed by atoms with van der Waals surface area (Å²) in [4.78, 5) is 0. The second-order valence-corrected chi connectivity index (χ2v) is 5.33. The van der Waals surface area contributed by atoms with Gasteiger partial charge in [-0.1, -0.05) is 36.4 Å². The predicted molar refractivity (Wildman–Crippen MR) is 86.7 cm³/mol. The Bertz CT molecular complexity index is 547. The normalized spacial score (nSPS) is 13.6. The van der Waals surface area contributed by atoms with E-state index in [1.54, 1.807) is 7.11 Å². The minimum atomic E-state index is -0.599. The first-order chi connectivity index (χ1) is 10.6. The van der Waals surface area contributed by atoms with E-state index >= 15 is 0 Å². The van der Waals surface area contributed by atoms with Crippen LogP contribution in [0.15, 0.2) is 48.5 Å². The van der Waals surface area contributed by atoms with Gasteiger partial charge in [-0.25, -0.2) is 0 Å². The van der Waals surface area contributed by atoms with Gasteiger partial charge in [0.05, 0.1) is 19.8 Å². The van der Waals surface area contributed by atoms with Gasteiger partial charge in [0.2, 0.25) is 0 Å². The van der Waals surface area contributed by atoms with Crippen molar-refractivity contribution in [2.24, 2.45) is 0 Å². The summed E-state index contributed by atoms with van der Waals surface area (Å²) < 4.78 is 5.17. The van der Waals surface area contributed by atoms with Crippen LogP contribution < -0.4 is 10.1 Å². The number of methoxy groups -OCH3 is 1. The Kier molecular flexibility index (Phi) is 5.95. The monoisotopic (exact) mass is 301 g/mol. The highest BCUT2D eigenvalue weighted by Gasteiger charge is 2.11. The molecule has 118 valence electrons. The van der Waals surface area contributed by atoms with Crippen molar-refractivity contribution in [2.75, 3.05) is 13.7 Å². The minimum absolute atomic E-state index is 0.0347. The lowest BCUT2D eigenvalue weighted by molar-refractivity contribution is 0.170. The average Bonchev–Trinajstić information content (AvgIpc) is 2.59. The fourth-order valence-electron chi connectivity index (χ4n) is 2.33. The molecule has 0 bridgehead atoms. The molecule has 0 aliphatic carbocycles. The first-order valence-electron chi connectivity index (χ1n) is 7.39. The third kappa shape index (κ3) is 4.31. The summed E-state index contributed by atoms with van der Waals surface area (Å²) in [5.74, 6) is 0.736. The van der Waals surface area contributed by atoms with Crippen molar-refractivity contribution in [3.8, 4) is 5.75 Å².